The zero-order valence-corrected chi connectivity index (χ0v) is 11.9. The Hall–Kier alpha value is -1.71. The number of aryl methyl sites for hydroxylation is 1. The molecular weight excluding hydrogens is 247 g/mol. The lowest BCUT2D eigenvalue weighted by molar-refractivity contribution is -0.157. The summed E-state index contributed by atoms with van der Waals surface area (Å²) >= 11 is 0. The fraction of sp³-hybridized carbons (Fsp3) is 0.467. The van der Waals surface area contributed by atoms with Crippen molar-refractivity contribution < 1.29 is 18.7 Å². The maximum Gasteiger partial charge on any atom is 0.317 e. The molecule has 104 valence electrons. The molecule has 0 aromatic heterocycles. The number of hydrogen-bond acceptors (Lipinski definition) is 3. The number of benzene rings is 1. The van der Waals surface area contributed by atoms with E-state index in [-0.39, 0.29) is 11.6 Å². The van der Waals surface area contributed by atoms with E-state index in [2.05, 4.69) is 0 Å². The summed E-state index contributed by atoms with van der Waals surface area (Å²) in [6.07, 6.45) is 0. The molecule has 1 rings (SSSR count). The SMILES string of the molecule is Cc1cc(C(=O)C(C)C(=O)OC(C)(C)C)ccc1F. The van der Waals surface area contributed by atoms with Gasteiger partial charge in [-0.15, -0.1) is 0 Å². The summed E-state index contributed by atoms with van der Waals surface area (Å²) in [4.78, 5) is 23.9. The molecule has 19 heavy (non-hydrogen) atoms. The highest BCUT2D eigenvalue weighted by Gasteiger charge is 2.28. The van der Waals surface area contributed by atoms with Crippen LogP contribution >= 0.6 is 0 Å². The molecule has 0 aliphatic heterocycles. The van der Waals surface area contributed by atoms with Gasteiger partial charge in [0, 0.05) is 5.56 Å². The second-order valence-corrected chi connectivity index (χ2v) is 5.58. The van der Waals surface area contributed by atoms with Crippen LogP contribution in [0.4, 0.5) is 4.39 Å². The van der Waals surface area contributed by atoms with Gasteiger partial charge in [0.25, 0.3) is 0 Å². The van der Waals surface area contributed by atoms with E-state index in [1.807, 2.05) is 0 Å². The zero-order chi connectivity index (χ0) is 14.8. The van der Waals surface area contributed by atoms with Crippen LogP contribution < -0.4 is 0 Å². The molecule has 0 saturated heterocycles. The number of hydrogen-bond donors (Lipinski definition) is 0. The van der Waals surface area contributed by atoms with Gasteiger partial charge in [0.1, 0.15) is 17.3 Å². The van der Waals surface area contributed by atoms with Crippen LogP contribution in [0.5, 0.6) is 0 Å². The van der Waals surface area contributed by atoms with Gasteiger partial charge in [-0.1, -0.05) is 0 Å². The summed E-state index contributed by atoms with van der Waals surface area (Å²) in [6.45, 7) is 8.29. The van der Waals surface area contributed by atoms with Crippen LogP contribution in [0.15, 0.2) is 18.2 Å². The molecule has 0 amide bonds. The molecule has 0 fully saturated rings. The van der Waals surface area contributed by atoms with E-state index in [1.165, 1.54) is 25.1 Å². The second kappa shape index (κ2) is 5.51. The average Bonchev–Trinajstić information content (AvgIpc) is 2.28. The Kier molecular flexibility index (Phi) is 4.45. The molecule has 0 spiro atoms. The molecule has 0 radical (unpaired) electrons. The quantitative estimate of drug-likeness (QED) is 0.479. The normalized spacial score (nSPS) is 12.9. The van der Waals surface area contributed by atoms with Gasteiger partial charge in [-0.25, -0.2) is 4.39 Å². The van der Waals surface area contributed by atoms with Crippen LogP contribution in [0.25, 0.3) is 0 Å². The van der Waals surface area contributed by atoms with Gasteiger partial charge in [-0.3, -0.25) is 9.59 Å². The first-order valence-corrected chi connectivity index (χ1v) is 6.15. The van der Waals surface area contributed by atoms with Gasteiger partial charge < -0.3 is 4.74 Å². The van der Waals surface area contributed by atoms with Crippen LogP contribution in [0.1, 0.15) is 43.6 Å². The third kappa shape index (κ3) is 4.16. The van der Waals surface area contributed by atoms with E-state index in [4.69, 9.17) is 4.74 Å². The van der Waals surface area contributed by atoms with Crippen LogP contribution in [-0.2, 0) is 9.53 Å². The number of ketones is 1. The summed E-state index contributed by atoms with van der Waals surface area (Å²) in [5, 5.41) is 0. The van der Waals surface area contributed by atoms with Gasteiger partial charge >= 0.3 is 5.97 Å². The summed E-state index contributed by atoms with van der Waals surface area (Å²) in [7, 11) is 0. The Labute approximate surface area is 112 Å². The van der Waals surface area contributed by atoms with E-state index in [1.54, 1.807) is 27.7 Å². The fourth-order valence-electron chi connectivity index (χ4n) is 1.55. The minimum absolute atomic E-state index is 0.317. The van der Waals surface area contributed by atoms with Crippen LogP contribution in [0.2, 0.25) is 0 Å². The largest absolute Gasteiger partial charge is 0.459 e. The van der Waals surface area contributed by atoms with E-state index in [9.17, 15) is 14.0 Å². The highest BCUT2D eigenvalue weighted by Crippen LogP contribution is 2.17. The summed E-state index contributed by atoms with van der Waals surface area (Å²) in [5.74, 6) is -2.21. The van der Waals surface area contributed by atoms with Gasteiger partial charge in [0.15, 0.2) is 5.78 Å². The molecule has 0 bridgehead atoms. The molecule has 0 N–H and O–H groups in total. The minimum Gasteiger partial charge on any atom is -0.459 e. The summed E-state index contributed by atoms with van der Waals surface area (Å²) in [5.41, 5.74) is 0.0594. The summed E-state index contributed by atoms with van der Waals surface area (Å²) < 4.78 is 18.3. The van der Waals surface area contributed by atoms with Crippen molar-refractivity contribution in [3.05, 3.63) is 35.1 Å². The Balaban J connectivity index is 2.87. The van der Waals surface area contributed by atoms with E-state index in [0.29, 0.717) is 11.1 Å². The lowest BCUT2D eigenvalue weighted by Gasteiger charge is -2.21. The maximum atomic E-state index is 13.1. The Morgan fingerprint density at radius 2 is 1.84 bits per heavy atom. The van der Waals surface area contributed by atoms with Crippen molar-refractivity contribution in [2.75, 3.05) is 0 Å². The highest BCUT2D eigenvalue weighted by molar-refractivity contribution is 6.08. The first kappa shape index (κ1) is 15.3. The third-order valence-corrected chi connectivity index (χ3v) is 2.60. The minimum atomic E-state index is -0.899. The zero-order valence-electron chi connectivity index (χ0n) is 11.9. The average molecular weight is 266 g/mol. The van der Waals surface area contributed by atoms with Crippen LogP contribution in [0, 0.1) is 18.7 Å². The van der Waals surface area contributed by atoms with Gasteiger partial charge in [-0.05, 0) is 58.4 Å². The lowest BCUT2D eigenvalue weighted by atomic mass is 9.98. The number of Topliss-reactive ketones (excluding diaryl/α,β-unsaturated/α-hetero) is 1. The lowest BCUT2D eigenvalue weighted by Crippen LogP contribution is -2.31. The van der Waals surface area contributed by atoms with Crippen molar-refractivity contribution in [3.63, 3.8) is 0 Å². The van der Waals surface area contributed by atoms with E-state index in [0.717, 1.165) is 0 Å². The molecule has 0 saturated carbocycles. The first-order chi connectivity index (χ1) is 8.61. The molecule has 1 aromatic carbocycles. The third-order valence-electron chi connectivity index (χ3n) is 2.60. The Bertz CT molecular complexity index is 501. The van der Waals surface area contributed by atoms with Crippen molar-refractivity contribution >= 4 is 11.8 Å². The van der Waals surface area contributed by atoms with Crippen LogP contribution in [0.3, 0.4) is 0 Å². The van der Waals surface area contributed by atoms with Crippen molar-refractivity contribution in [2.45, 2.75) is 40.2 Å². The predicted molar refractivity (Wildman–Crippen MR) is 70.5 cm³/mol. The number of ether oxygens (including phenoxy) is 1. The smallest absolute Gasteiger partial charge is 0.317 e. The van der Waals surface area contributed by atoms with Gasteiger partial charge in [0.2, 0.25) is 0 Å². The van der Waals surface area contributed by atoms with E-state index >= 15 is 0 Å². The summed E-state index contributed by atoms with van der Waals surface area (Å²) in [6, 6.07) is 4.05. The molecule has 1 aromatic rings. The number of carbonyl (C=O) groups excluding carboxylic acids is 2. The molecule has 3 nitrogen and oxygen atoms in total. The van der Waals surface area contributed by atoms with Crippen molar-refractivity contribution in [1.29, 1.82) is 0 Å². The first-order valence-electron chi connectivity index (χ1n) is 6.15. The van der Waals surface area contributed by atoms with E-state index < -0.39 is 17.5 Å². The van der Waals surface area contributed by atoms with Gasteiger partial charge in [-0.2, -0.15) is 0 Å². The number of halogens is 1. The molecule has 0 aliphatic carbocycles. The molecule has 1 unspecified atom stereocenters. The second-order valence-electron chi connectivity index (χ2n) is 5.58. The topological polar surface area (TPSA) is 43.4 Å². The number of rotatable bonds is 3. The Morgan fingerprint density at radius 1 is 1.26 bits per heavy atom. The molecule has 0 aliphatic rings. The number of carbonyl (C=O) groups is 2. The fourth-order valence-corrected chi connectivity index (χ4v) is 1.55. The van der Waals surface area contributed by atoms with Crippen molar-refractivity contribution in [3.8, 4) is 0 Å². The standard InChI is InChI=1S/C15H19FO3/c1-9-8-11(6-7-12(9)16)13(17)10(2)14(18)19-15(3,4)5/h6-8,10H,1-5H3. The number of esters is 1. The maximum absolute atomic E-state index is 13.1. The predicted octanol–water partition coefficient (Wildman–Crippen LogP) is 3.29. The molecule has 0 heterocycles. The highest BCUT2D eigenvalue weighted by atomic mass is 19.1. The van der Waals surface area contributed by atoms with Crippen LogP contribution in [-0.4, -0.2) is 17.4 Å². The Morgan fingerprint density at radius 3 is 2.32 bits per heavy atom. The molecule has 4 heteroatoms. The van der Waals surface area contributed by atoms with Crippen molar-refractivity contribution in [2.24, 2.45) is 5.92 Å². The molecular formula is C15H19FO3. The van der Waals surface area contributed by atoms with Gasteiger partial charge in [0.05, 0.1) is 0 Å². The monoisotopic (exact) mass is 266 g/mol. The molecule has 1 atom stereocenters. The van der Waals surface area contributed by atoms with Crippen molar-refractivity contribution in [1.82, 2.24) is 0 Å².